The number of allylic oxidation sites excluding steroid dienone is 7. The lowest BCUT2D eigenvalue weighted by molar-refractivity contribution is 0.544. The van der Waals surface area contributed by atoms with Crippen molar-refractivity contribution in [2.24, 2.45) is 5.41 Å². The van der Waals surface area contributed by atoms with E-state index in [1.807, 2.05) is 13.0 Å². The van der Waals surface area contributed by atoms with E-state index in [2.05, 4.69) is 63.9 Å². The molecule has 0 radical (unpaired) electrons. The van der Waals surface area contributed by atoms with Crippen LogP contribution in [-0.2, 0) is 0 Å². The summed E-state index contributed by atoms with van der Waals surface area (Å²) in [5.41, 5.74) is 1.50. The van der Waals surface area contributed by atoms with Crippen LogP contribution in [0.15, 0.2) is 48.0 Å². The lowest BCUT2D eigenvalue weighted by Crippen LogP contribution is -1.98. The molecule has 0 aromatic rings. The van der Waals surface area contributed by atoms with E-state index in [1.54, 1.807) is 0 Å². The molecule has 0 aromatic carbocycles. The van der Waals surface area contributed by atoms with Crippen LogP contribution in [0.4, 0.5) is 0 Å². The van der Waals surface area contributed by atoms with Crippen LogP contribution in [0.25, 0.3) is 0 Å². The molecule has 0 atom stereocenters. The Kier molecular flexibility index (Phi) is 6.86. The van der Waals surface area contributed by atoms with Gasteiger partial charge >= 0.3 is 0 Å². The van der Waals surface area contributed by atoms with Crippen LogP contribution in [-0.4, -0.2) is 7.28 Å². The van der Waals surface area contributed by atoms with Gasteiger partial charge in [0.25, 0.3) is 0 Å². The van der Waals surface area contributed by atoms with Crippen LogP contribution in [0.2, 0.25) is 6.82 Å². The van der Waals surface area contributed by atoms with Gasteiger partial charge in [-0.2, -0.15) is 0 Å². The normalized spacial score (nSPS) is 14.6. The maximum absolute atomic E-state index is 2.24. The van der Waals surface area contributed by atoms with Gasteiger partial charge in [-0.25, -0.2) is 0 Å². The van der Waals surface area contributed by atoms with Crippen LogP contribution >= 0.6 is 0 Å². The van der Waals surface area contributed by atoms with Crippen molar-refractivity contribution in [1.29, 1.82) is 0 Å². The summed E-state index contributed by atoms with van der Waals surface area (Å²) in [6.45, 7) is 10.8. The lowest BCUT2D eigenvalue weighted by Gasteiger charge is -2.11. The molecule has 0 saturated heterocycles. The monoisotopic (exact) mass is 202 g/mol. The molecule has 0 heterocycles. The summed E-state index contributed by atoms with van der Waals surface area (Å²) in [6, 6.07) is 0. The van der Waals surface area contributed by atoms with Crippen LogP contribution in [0.3, 0.4) is 0 Å². The predicted molar refractivity (Wildman–Crippen MR) is 73.6 cm³/mol. The number of hydrogen-bond acceptors (Lipinski definition) is 0. The van der Waals surface area contributed by atoms with Gasteiger partial charge in [-0.05, 0) is 17.9 Å². The smallest absolute Gasteiger partial charge is 0.119 e. The van der Waals surface area contributed by atoms with Gasteiger partial charge in [-0.1, -0.05) is 64.1 Å². The summed E-state index contributed by atoms with van der Waals surface area (Å²) in [5.74, 6) is 2.18. The molecule has 82 valence electrons. The summed E-state index contributed by atoms with van der Waals surface area (Å²) >= 11 is 0. The van der Waals surface area contributed by atoms with Crippen LogP contribution in [0, 0.1) is 5.41 Å². The molecular weight excluding hydrogens is 179 g/mol. The van der Waals surface area contributed by atoms with Gasteiger partial charge in [0.15, 0.2) is 0 Å². The first-order valence-corrected chi connectivity index (χ1v) is 5.68. The summed E-state index contributed by atoms with van der Waals surface area (Å²) in [4.78, 5) is 0. The maximum Gasteiger partial charge on any atom is 0.144 e. The number of hydrogen-bond donors (Lipinski definition) is 0. The molecule has 0 amide bonds. The van der Waals surface area contributed by atoms with Crippen LogP contribution in [0.5, 0.6) is 0 Å². The second kappa shape index (κ2) is 7.33. The lowest BCUT2D eigenvalue weighted by atomic mass is 9.82. The van der Waals surface area contributed by atoms with E-state index in [4.69, 9.17) is 0 Å². The largest absolute Gasteiger partial charge is 0.144 e. The highest BCUT2D eigenvalue weighted by molar-refractivity contribution is 6.40. The summed E-state index contributed by atoms with van der Waals surface area (Å²) in [5, 5.41) is 0. The molecule has 0 aliphatic rings. The Balaban J connectivity index is 4.66. The Hall–Kier alpha value is -0.975. The number of rotatable bonds is 4. The molecule has 0 rings (SSSR count). The van der Waals surface area contributed by atoms with Gasteiger partial charge in [0.1, 0.15) is 7.28 Å². The molecule has 0 aromatic heterocycles. The van der Waals surface area contributed by atoms with Crippen molar-refractivity contribution in [3.05, 3.63) is 48.0 Å². The fraction of sp³-hybridized carbons (Fsp3) is 0.429. The van der Waals surface area contributed by atoms with Gasteiger partial charge in [-0.3, -0.25) is 0 Å². The maximum atomic E-state index is 2.24. The Morgan fingerprint density at radius 1 is 1.13 bits per heavy atom. The topological polar surface area (TPSA) is 0 Å². The van der Waals surface area contributed by atoms with Gasteiger partial charge in [0, 0.05) is 0 Å². The van der Waals surface area contributed by atoms with Crippen LogP contribution < -0.4 is 0 Å². The van der Waals surface area contributed by atoms with Gasteiger partial charge in [0.2, 0.25) is 0 Å². The van der Waals surface area contributed by atoms with E-state index in [0.29, 0.717) is 0 Å². The van der Waals surface area contributed by atoms with Gasteiger partial charge in [-0.15, -0.1) is 5.98 Å². The zero-order valence-electron chi connectivity index (χ0n) is 10.7. The standard InChI is InChI=1S/C14H23B/c1-6-7-8-13(10-12-15-5)9-11-14(2,3)4/h6-12,15H,1-5H3/b7-6-,11-9+,12-10+,13-8-. The molecule has 0 spiro atoms. The summed E-state index contributed by atoms with van der Waals surface area (Å²) in [6.07, 6.45) is 12.8. The highest BCUT2D eigenvalue weighted by atomic mass is 14.1. The zero-order chi connectivity index (χ0) is 11.7. The Morgan fingerprint density at radius 2 is 1.80 bits per heavy atom. The molecule has 0 fully saturated rings. The third-order valence-electron chi connectivity index (χ3n) is 1.80. The molecule has 0 aliphatic carbocycles. The van der Waals surface area contributed by atoms with E-state index < -0.39 is 0 Å². The molecule has 0 nitrogen and oxygen atoms in total. The highest BCUT2D eigenvalue weighted by Gasteiger charge is 2.02. The second-order valence-corrected chi connectivity index (χ2v) is 4.70. The molecule has 1 heteroatoms. The predicted octanol–water partition coefficient (Wildman–Crippen LogP) is 4.09. The first-order valence-electron chi connectivity index (χ1n) is 5.68. The Labute approximate surface area is 95.7 Å². The Bertz CT molecular complexity index is 272. The van der Waals surface area contributed by atoms with Crippen molar-refractivity contribution in [3.63, 3.8) is 0 Å². The van der Waals surface area contributed by atoms with Crippen molar-refractivity contribution >= 4 is 7.28 Å². The molecule has 0 saturated carbocycles. The first-order chi connectivity index (χ1) is 6.99. The average molecular weight is 202 g/mol. The molecule has 0 N–H and O–H groups in total. The van der Waals surface area contributed by atoms with Crippen molar-refractivity contribution in [3.8, 4) is 0 Å². The van der Waals surface area contributed by atoms with E-state index in [9.17, 15) is 0 Å². The summed E-state index contributed by atoms with van der Waals surface area (Å²) in [7, 11) is 1.08. The molecule has 0 aliphatic heterocycles. The minimum absolute atomic E-state index is 0.245. The molecular formula is C14H23B. The molecule has 0 bridgehead atoms. The first kappa shape index (κ1) is 14.0. The fourth-order valence-electron chi connectivity index (χ4n) is 0.974. The van der Waals surface area contributed by atoms with Crippen molar-refractivity contribution in [1.82, 2.24) is 0 Å². The third kappa shape index (κ3) is 9.33. The van der Waals surface area contributed by atoms with Crippen LogP contribution in [0.1, 0.15) is 27.7 Å². The Morgan fingerprint density at radius 3 is 2.27 bits per heavy atom. The fourth-order valence-corrected chi connectivity index (χ4v) is 0.974. The molecule has 15 heavy (non-hydrogen) atoms. The summed E-state index contributed by atoms with van der Waals surface area (Å²) < 4.78 is 0. The quantitative estimate of drug-likeness (QED) is 0.475. The van der Waals surface area contributed by atoms with Crippen molar-refractivity contribution in [2.45, 2.75) is 34.5 Å². The van der Waals surface area contributed by atoms with E-state index in [-0.39, 0.29) is 5.41 Å². The van der Waals surface area contributed by atoms with E-state index in [1.165, 1.54) is 5.57 Å². The van der Waals surface area contributed by atoms with Gasteiger partial charge in [0.05, 0.1) is 0 Å². The van der Waals surface area contributed by atoms with Crippen molar-refractivity contribution in [2.75, 3.05) is 0 Å². The SMILES string of the molecule is CB/C=C/C(/C=C/C(C)(C)C)=C\C=C/C. The average Bonchev–Trinajstić information content (AvgIpc) is 2.15. The zero-order valence-corrected chi connectivity index (χ0v) is 10.7. The third-order valence-corrected chi connectivity index (χ3v) is 1.80. The highest BCUT2D eigenvalue weighted by Crippen LogP contribution is 2.16. The minimum atomic E-state index is 0.245. The second-order valence-electron chi connectivity index (χ2n) is 4.70. The van der Waals surface area contributed by atoms with Crippen molar-refractivity contribution < 1.29 is 0 Å². The molecule has 0 unspecified atom stereocenters. The van der Waals surface area contributed by atoms with E-state index in [0.717, 1.165) is 7.28 Å². The van der Waals surface area contributed by atoms with Gasteiger partial charge < -0.3 is 0 Å². The minimum Gasteiger partial charge on any atom is -0.119 e. The van der Waals surface area contributed by atoms with E-state index >= 15 is 0 Å².